The summed E-state index contributed by atoms with van der Waals surface area (Å²) in [6, 6.07) is 18.4. The van der Waals surface area contributed by atoms with Gasteiger partial charge in [-0.2, -0.15) is 0 Å². The highest BCUT2D eigenvalue weighted by Gasteiger charge is 2.27. The predicted octanol–water partition coefficient (Wildman–Crippen LogP) is 5.44. The van der Waals surface area contributed by atoms with Gasteiger partial charge in [-0.1, -0.05) is 42.0 Å². The molecular formula is C23H21NO3S2. The van der Waals surface area contributed by atoms with Crippen molar-refractivity contribution in [2.24, 2.45) is 0 Å². The van der Waals surface area contributed by atoms with E-state index in [-0.39, 0.29) is 17.1 Å². The normalized spacial score (nSPS) is 11.8. The van der Waals surface area contributed by atoms with Gasteiger partial charge in [0.05, 0.1) is 10.4 Å². The van der Waals surface area contributed by atoms with Crippen molar-refractivity contribution in [2.45, 2.75) is 31.6 Å². The number of aromatic nitrogens is 1. The first-order valence-corrected chi connectivity index (χ1v) is 11.7. The summed E-state index contributed by atoms with van der Waals surface area (Å²) in [6.07, 6.45) is 0.653. The second-order valence-electron chi connectivity index (χ2n) is 7.10. The van der Waals surface area contributed by atoms with Gasteiger partial charge >= 0.3 is 0 Å². The quantitative estimate of drug-likeness (QED) is 0.415. The Morgan fingerprint density at radius 3 is 2.38 bits per heavy atom. The zero-order chi connectivity index (χ0) is 20.6. The lowest BCUT2D eigenvalue weighted by Gasteiger charge is -2.13. The molecule has 0 unspecified atom stereocenters. The van der Waals surface area contributed by atoms with Crippen molar-refractivity contribution in [1.82, 2.24) is 3.97 Å². The maximum atomic E-state index is 13.7. The first-order chi connectivity index (χ1) is 13.9. The van der Waals surface area contributed by atoms with E-state index >= 15 is 0 Å². The number of carbonyl (C=O) groups is 1. The van der Waals surface area contributed by atoms with Gasteiger partial charge in [-0.3, -0.25) is 0 Å². The van der Waals surface area contributed by atoms with E-state index in [1.807, 2.05) is 48.7 Å². The molecule has 6 heteroatoms. The number of rotatable bonds is 6. The van der Waals surface area contributed by atoms with Crippen molar-refractivity contribution in [1.29, 1.82) is 0 Å². The molecule has 2 aromatic heterocycles. The Bertz CT molecular complexity index is 1280. The molecule has 0 fully saturated rings. The Labute approximate surface area is 174 Å². The van der Waals surface area contributed by atoms with E-state index in [0.717, 1.165) is 21.4 Å². The van der Waals surface area contributed by atoms with Crippen LogP contribution in [0, 0.1) is 6.92 Å². The van der Waals surface area contributed by atoms with E-state index in [0.29, 0.717) is 17.6 Å². The van der Waals surface area contributed by atoms with Gasteiger partial charge in [-0.15, -0.1) is 11.3 Å². The van der Waals surface area contributed by atoms with Crippen LogP contribution in [0.4, 0.5) is 0 Å². The van der Waals surface area contributed by atoms with Gasteiger partial charge in [0.15, 0.2) is 0 Å². The topological polar surface area (TPSA) is 56.1 Å². The van der Waals surface area contributed by atoms with Crippen LogP contribution in [-0.4, -0.2) is 18.2 Å². The Hall–Kier alpha value is -2.70. The number of aryl methyl sites for hydroxylation is 1. The van der Waals surface area contributed by atoms with Gasteiger partial charge in [0.25, 0.3) is 10.0 Å². The zero-order valence-electron chi connectivity index (χ0n) is 16.3. The standard InChI is InChI=1S/C23H21NO3S2/c1-16-9-12-18(13-10-16)29(26,27)24-20-7-4-3-6-19(20)23(22-8-5-15-28-22)21(24)14-11-17(2)25/h3-10,12-13,15H,11,14H2,1-2H3. The summed E-state index contributed by atoms with van der Waals surface area (Å²) in [4.78, 5) is 13.0. The fraction of sp³-hybridized carbons (Fsp3) is 0.174. The van der Waals surface area contributed by atoms with Gasteiger partial charge in [-0.05, 0) is 49.9 Å². The zero-order valence-corrected chi connectivity index (χ0v) is 17.9. The second-order valence-corrected chi connectivity index (χ2v) is 9.84. The number of fused-ring (bicyclic) bond motifs is 1. The van der Waals surface area contributed by atoms with E-state index in [1.165, 1.54) is 10.9 Å². The molecule has 0 saturated heterocycles. The highest BCUT2D eigenvalue weighted by Crippen LogP contribution is 2.39. The highest BCUT2D eigenvalue weighted by atomic mass is 32.2. The van der Waals surface area contributed by atoms with Gasteiger partial charge in [0.2, 0.25) is 0 Å². The van der Waals surface area contributed by atoms with E-state index < -0.39 is 10.0 Å². The minimum Gasteiger partial charge on any atom is -0.300 e. The van der Waals surface area contributed by atoms with Crippen molar-refractivity contribution >= 4 is 38.0 Å². The SMILES string of the molecule is CC(=O)CCc1c(-c2cccs2)c2ccccc2n1S(=O)(=O)c1ccc(C)cc1. The Kier molecular flexibility index (Phi) is 5.15. The van der Waals surface area contributed by atoms with E-state index in [1.54, 1.807) is 35.6 Å². The molecule has 4 aromatic rings. The first-order valence-electron chi connectivity index (χ1n) is 9.37. The minimum atomic E-state index is -3.82. The fourth-order valence-electron chi connectivity index (χ4n) is 3.57. The number of hydrogen-bond donors (Lipinski definition) is 0. The van der Waals surface area contributed by atoms with Crippen LogP contribution in [0.2, 0.25) is 0 Å². The number of Topliss-reactive ketones (excluding diaryl/α,β-unsaturated/α-hetero) is 1. The monoisotopic (exact) mass is 423 g/mol. The van der Waals surface area contributed by atoms with E-state index in [9.17, 15) is 13.2 Å². The van der Waals surface area contributed by atoms with E-state index in [2.05, 4.69) is 0 Å². The molecule has 2 aromatic carbocycles. The summed E-state index contributed by atoms with van der Waals surface area (Å²) in [5, 5.41) is 2.86. The lowest BCUT2D eigenvalue weighted by molar-refractivity contribution is -0.117. The molecule has 0 radical (unpaired) electrons. The maximum Gasteiger partial charge on any atom is 0.268 e. The number of benzene rings is 2. The number of carbonyl (C=O) groups excluding carboxylic acids is 1. The van der Waals surface area contributed by atoms with Crippen LogP contribution in [0.5, 0.6) is 0 Å². The number of ketones is 1. The summed E-state index contributed by atoms with van der Waals surface area (Å²) < 4.78 is 28.8. The first kappa shape index (κ1) is 19.6. The summed E-state index contributed by atoms with van der Waals surface area (Å²) in [5.74, 6) is 0.0340. The largest absolute Gasteiger partial charge is 0.300 e. The van der Waals surface area contributed by atoms with Crippen LogP contribution < -0.4 is 0 Å². The van der Waals surface area contributed by atoms with Crippen LogP contribution in [0.3, 0.4) is 0 Å². The smallest absolute Gasteiger partial charge is 0.268 e. The Morgan fingerprint density at radius 1 is 1.00 bits per heavy atom. The lowest BCUT2D eigenvalue weighted by Crippen LogP contribution is -2.16. The summed E-state index contributed by atoms with van der Waals surface area (Å²) in [5.41, 5.74) is 3.18. The molecule has 29 heavy (non-hydrogen) atoms. The summed E-state index contributed by atoms with van der Waals surface area (Å²) in [6.45, 7) is 3.46. The van der Waals surface area contributed by atoms with Gasteiger partial charge in [0, 0.05) is 27.9 Å². The Morgan fingerprint density at radius 2 is 1.72 bits per heavy atom. The van der Waals surface area contributed by atoms with Gasteiger partial charge in [0.1, 0.15) is 5.78 Å². The predicted molar refractivity (Wildman–Crippen MR) is 118 cm³/mol. The molecule has 0 amide bonds. The molecule has 0 aliphatic carbocycles. The number of nitrogens with zero attached hydrogens (tertiary/aromatic N) is 1. The third kappa shape index (κ3) is 3.54. The fourth-order valence-corrected chi connectivity index (χ4v) is 5.96. The number of thiophene rings is 1. The molecule has 0 aliphatic rings. The second kappa shape index (κ2) is 7.61. The van der Waals surface area contributed by atoms with Crippen molar-refractivity contribution in [2.75, 3.05) is 0 Å². The molecule has 0 N–H and O–H groups in total. The molecular weight excluding hydrogens is 402 g/mol. The summed E-state index contributed by atoms with van der Waals surface area (Å²) in [7, 11) is -3.82. The highest BCUT2D eigenvalue weighted by molar-refractivity contribution is 7.90. The van der Waals surface area contributed by atoms with Crippen molar-refractivity contribution in [3.8, 4) is 10.4 Å². The van der Waals surface area contributed by atoms with Crippen LogP contribution in [0.15, 0.2) is 70.9 Å². The molecule has 0 bridgehead atoms. The molecule has 148 valence electrons. The summed E-state index contributed by atoms with van der Waals surface area (Å²) >= 11 is 1.57. The number of para-hydroxylation sites is 1. The van der Waals surface area contributed by atoms with Crippen LogP contribution >= 0.6 is 11.3 Å². The molecule has 0 atom stereocenters. The molecule has 0 aliphatic heterocycles. The Balaban J connectivity index is 2.06. The van der Waals surface area contributed by atoms with Gasteiger partial charge < -0.3 is 4.79 Å². The van der Waals surface area contributed by atoms with Gasteiger partial charge in [-0.25, -0.2) is 12.4 Å². The average molecular weight is 424 g/mol. The molecule has 4 nitrogen and oxygen atoms in total. The van der Waals surface area contributed by atoms with Crippen molar-refractivity contribution in [3.63, 3.8) is 0 Å². The van der Waals surface area contributed by atoms with Crippen LogP contribution in [0.1, 0.15) is 24.6 Å². The van der Waals surface area contributed by atoms with E-state index in [4.69, 9.17) is 0 Å². The van der Waals surface area contributed by atoms with Crippen molar-refractivity contribution in [3.05, 3.63) is 77.3 Å². The third-order valence-corrected chi connectivity index (χ3v) is 7.62. The molecule has 4 rings (SSSR count). The van der Waals surface area contributed by atoms with Crippen molar-refractivity contribution < 1.29 is 13.2 Å². The maximum absolute atomic E-state index is 13.7. The van der Waals surface area contributed by atoms with Crippen LogP contribution in [-0.2, 0) is 21.2 Å². The number of hydrogen-bond acceptors (Lipinski definition) is 4. The lowest BCUT2D eigenvalue weighted by atomic mass is 10.1. The molecule has 2 heterocycles. The minimum absolute atomic E-state index is 0.0340. The average Bonchev–Trinajstić information content (AvgIpc) is 3.32. The third-order valence-electron chi connectivity index (χ3n) is 4.97. The molecule has 0 saturated carbocycles. The molecule has 0 spiro atoms. The van der Waals surface area contributed by atoms with Crippen LogP contribution in [0.25, 0.3) is 21.3 Å².